The number of likely N-dealkylation sites (tertiary alicyclic amines) is 1. The third-order valence-corrected chi connectivity index (χ3v) is 4.07. The molecule has 1 heterocycles. The number of guanidine groups is 1. The molecule has 0 saturated carbocycles. The van der Waals surface area contributed by atoms with Gasteiger partial charge < -0.3 is 15.4 Å². The summed E-state index contributed by atoms with van der Waals surface area (Å²) in [6.07, 6.45) is 4.89. The van der Waals surface area contributed by atoms with Crippen molar-refractivity contribution in [1.29, 1.82) is 0 Å². The van der Waals surface area contributed by atoms with Crippen molar-refractivity contribution < 1.29 is 4.74 Å². The summed E-state index contributed by atoms with van der Waals surface area (Å²) in [5.74, 6) is 1.51. The molecule has 0 spiro atoms. The fourth-order valence-corrected chi connectivity index (χ4v) is 2.77. The second kappa shape index (κ2) is 14.3. The van der Waals surface area contributed by atoms with Crippen LogP contribution in [0.2, 0.25) is 0 Å². The van der Waals surface area contributed by atoms with E-state index in [2.05, 4.69) is 41.3 Å². The van der Waals surface area contributed by atoms with E-state index in [1.165, 1.54) is 32.4 Å². The summed E-state index contributed by atoms with van der Waals surface area (Å²) in [7, 11) is 1.83. The molecule has 6 heteroatoms. The lowest BCUT2D eigenvalue weighted by atomic mass is 10.2. The number of hydrogen-bond donors (Lipinski definition) is 2. The molecule has 0 aromatic heterocycles. The average molecular weight is 440 g/mol. The lowest BCUT2D eigenvalue weighted by molar-refractivity contribution is 0.108. The second-order valence-electron chi connectivity index (χ2n) is 6.51. The summed E-state index contributed by atoms with van der Waals surface area (Å²) in [5.41, 5.74) is 0. The number of hydrogen-bond acceptors (Lipinski definition) is 3. The maximum absolute atomic E-state index is 5.59. The maximum atomic E-state index is 5.59. The first-order valence-corrected chi connectivity index (χ1v) is 8.93. The highest BCUT2D eigenvalue weighted by Gasteiger charge is 2.20. The minimum atomic E-state index is 0. The van der Waals surface area contributed by atoms with Crippen molar-refractivity contribution in [2.24, 2.45) is 10.9 Å². The largest absolute Gasteiger partial charge is 0.381 e. The maximum Gasteiger partial charge on any atom is 0.191 e. The lowest BCUT2D eigenvalue weighted by Gasteiger charge is -2.27. The fraction of sp³-hybridized carbons (Fsp3) is 0.941. The third kappa shape index (κ3) is 10.4. The molecule has 1 aliphatic rings. The zero-order valence-electron chi connectivity index (χ0n) is 15.4. The summed E-state index contributed by atoms with van der Waals surface area (Å²) in [6, 6.07) is 0.621. The Labute approximate surface area is 160 Å². The van der Waals surface area contributed by atoms with Crippen molar-refractivity contribution in [2.45, 2.75) is 52.5 Å². The predicted molar refractivity (Wildman–Crippen MR) is 110 cm³/mol. The molecular weight excluding hydrogens is 403 g/mol. The van der Waals surface area contributed by atoms with Gasteiger partial charge in [0.15, 0.2) is 5.96 Å². The Kier molecular flexibility index (Phi) is 14.2. The van der Waals surface area contributed by atoms with Crippen LogP contribution < -0.4 is 10.6 Å². The molecule has 1 rings (SSSR count). The van der Waals surface area contributed by atoms with Gasteiger partial charge in [0, 0.05) is 39.4 Å². The summed E-state index contributed by atoms with van der Waals surface area (Å²) in [5, 5.41) is 6.83. The van der Waals surface area contributed by atoms with Crippen LogP contribution in [0.15, 0.2) is 4.99 Å². The van der Waals surface area contributed by atoms with E-state index >= 15 is 0 Å². The van der Waals surface area contributed by atoms with Gasteiger partial charge in [-0.2, -0.15) is 0 Å². The van der Waals surface area contributed by atoms with Crippen molar-refractivity contribution in [3.63, 3.8) is 0 Å². The summed E-state index contributed by atoms with van der Waals surface area (Å²) in [6.45, 7) is 12.7. The molecule has 1 aliphatic heterocycles. The van der Waals surface area contributed by atoms with E-state index in [0.717, 1.165) is 38.7 Å². The van der Waals surface area contributed by atoms with Crippen molar-refractivity contribution in [3.8, 4) is 0 Å². The van der Waals surface area contributed by atoms with E-state index < -0.39 is 0 Å². The minimum absolute atomic E-state index is 0. The Balaban J connectivity index is 0.00000484. The molecule has 0 bridgehead atoms. The molecule has 138 valence electrons. The van der Waals surface area contributed by atoms with Crippen LogP contribution in [0.1, 0.15) is 46.5 Å². The first kappa shape index (κ1) is 22.9. The molecule has 0 aromatic rings. The van der Waals surface area contributed by atoms with Crippen LogP contribution in [-0.2, 0) is 4.74 Å². The van der Waals surface area contributed by atoms with Crippen LogP contribution in [-0.4, -0.2) is 63.3 Å². The van der Waals surface area contributed by atoms with E-state index in [9.17, 15) is 0 Å². The van der Waals surface area contributed by atoms with Gasteiger partial charge in [0.05, 0.1) is 0 Å². The second-order valence-corrected chi connectivity index (χ2v) is 6.51. The normalized spacial score (nSPS) is 17.2. The van der Waals surface area contributed by atoms with Gasteiger partial charge in [-0.15, -0.1) is 24.0 Å². The van der Waals surface area contributed by atoms with Gasteiger partial charge in [0.1, 0.15) is 0 Å². The number of halogens is 1. The van der Waals surface area contributed by atoms with Gasteiger partial charge in [-0.1, -0.05) is 20.8 Å². The smallest absolute Gasteiger partial charge is 0.191 e. The number of aliphatic imine (C=N–C) groups is 1. The van der Waals surface area contributed by atoms with E-state index in [-0.39, 0.29) is 24.0 Å². The summed E-state index contributed by atoms with van der Waals surface area (Å²) >= 11 is 0. The highest BCUT2D eigenvalue weighted by Crippen LogP contribution is 2.13. The topological polar surface area (TPSA) is 48.9 Å². The Morgan fingerprint density at radius 3 is 2.48 bits per heavy atom. The van der Waals surface area contributed by atoms with Gasteiger partial charge in [-0.3, -0.25) is 9.89 Å². The van der Waals surface area contributed by atoms with Gasteiger partial charge >= 0.3 is 0 Å². The molecule has 2 N–H and O–H groups in total. The molecule has 1 fully saturated rings. The Morgan fingerprint density at radius 1 is 1.22 bits per heavy atom. The van der Waals surface area contributed by atoms with E-state index in [1.807, 2.05) is 7.05 Å². The monoisotopic (exact) mass is 440 g/mol. The van der Waals surface area contributed by atoms with E-state index in [0.29, 0.717) is 12.0 Å². The van der Waals surface area contributed by atoms with Gasteiger partial charge in [-0.05, 0) is 44.7 Å². The molecule has 1 saturated heterocycles. The number of nitrogens with one attached hydrogen (secondary N) is 2. The lowest BCUT2D eigenvalue weighted by Crippen LogP contribution is -2.46. The summed E-state index contributed by atoms with van der Waals surface area (Å²) < 4.78 is 5.59. The zero-order chi connectivity index (χ0) is 16.2. The van der Waals surface area contributed by atoms with E-state index in [4.69, 9.17) is 4.74 Å². The Morgan fingerprint density at radius 2 is 1.91 bits per heavy atom. The van der Waals surface area contributed by atoms with Crippen LogP contribution in [0.25, 0.3) is 0 Å². The van der Waals surface area contributed by atoms with Crippen LogP contribution in [0, 0.1) is 5.92 Å². The molecule has 1 unspecified atom stereocenters. The third-order valence-electron chi connectivity index (χ3n) is 4.07. The molecule has 0 aromatic carbocycles. The van der Waals surface area contributed by atoms with Crippen molar-refractivity contribution in [1.82, 2.24) is 15.5 Å². The average Bonchev–Trinajstić information content (AvgIpc) is 3.03. The van der Waals surface area contributed by atoms with Crippen molar-refractivity contribution in [2.75, 3.05) is 46.4 Å². The minimum Gasteiger partial charge on any atom is -0.381 e. The van der Waals surface area contributed by atoms with Crippen LogP contribution >= 0.6 is 24.0 Å². The Hall–Kier alpha value is -0.0800. The van der Waals surface area contributed by atoms with Crippen LogP contribution in [0.4, 0.5) is 0 Å². The molecular formula is C17H37IN4O. The summed E-state index contributed by atoms with van der Waals surface area (Å²) in [4.78, 5) is 6.90. The quantitative estimate of drug-likeness (QED) is 0.237. The highest BCUT2D eigenvalue weighted by molar-refractivity contribution is 14.0. The number of ether oxygens (including phenoxy) is 1. The molecule has 1 atom stereocenters. The molecule has 5 nitrogen and oxygen atoms in total. The zero-order valence-corrected chi connectivity index (χ0v) is 17.8. The van der Waals surface area contributed by atoms with E-state index in [1.54, 1.807) is 0 Å². The van der Waals surface area contributed by atoms with Gasteiger partial charge in [0.25, 0.3) is 0 Å². The van der Waals surface area contributed by atoms with Crippen molar-refractivity contribution >= 4 is 29.9 Å². The standard InChI is InChI=1S/C17H36N4O.HI/c1-5-16(21-10-6-7-11-21)13-20-17(18-4)19-9-8-12-22-14-15(2)3;/h15-16H,5-14H2,1-4H3,(H2,18,19,20);1H. The SMILES string of the molecule is CCC(CNC(=NC)NCCCOCC(C)C)N1CCCC1.I. The molecule has 0 aliphatic carbocycles. The number of rotatable bonds is 10. The van der Waals surface area contributed by atoms with Crippen molar-refractivity contribution in [3.05, 3.63) is 0 Å². The van der Waals surface area contributed by atoms with Gasteiger partial charge in [0.2, 0.25) is 0 Å². The van der Waals surface area contributed by atoms with Crippen LogP contribution in [0.3, 0.4) is 0 Å². The molecule has 0 amide bonds. The first-order valence-electron chi connectivity index (χ1n) is 8.93. The Bertz CT molecular complexity index is 307. The molecule has 0 radical (unpaired) electrons. The first-order chi connectivity index (χ1) is 10.7. The van der Waals surface area contributed by atoms with Crippen LogP contribution in [0.5, 0.6) is 0 Å². The molecule has 23 heavy (non-hydrogen) atoms. The van der Waals surface area contributed by atoms with Gasteiger partial charge in [-0.25, -0.2) is 0 Å². The predicted octanol–water partition coefficient (Wildman–Crippen LogP) is 2.71. The fourth-order valence-electron chi connectivity index (χ4n) is 2.77. The highest BCUT2D eigenvalue weighted by atomic mass is 127. The number of nitrogens with zero attached hydrogens (tertiary/aromatic N) is 2.